The van der Waals surface area contributed by atoms with Gasteiger partial charge in [-0.25, -0.2) is 0 Å². The van der Waals surface area contributed by atoms with Gasteiger partial charge in [0.2, 0.25) is 0 Å². The fraction of sp³-hybridized carbons (Fsp3) is 0.800. The maximum atomic E-state index is 3.24. The van der Waals surface area contributed by atoms with Crippen molar-refractivity contribution in [3.63, 3.8) is 0 Å². The van der Waals surface area contributed by atoms with E-state index in [1.165, 1.54) is 12.8 Å². The van der Waals surface area contributed by atoms with Gasteiger partial charge in [0, 0.05) is 11.8 Å². The topological polar surface area (TPSA) is 0 Å². The van der Waals surface area contributed by atoms with Crippen LogP contribution in [0.15, 0.2) is 0 Å². The second-order valence-electron chi connectivity index (χ2n) is 3.76. The van der Waals surface area contributed by atoms with Gasteiger partial charge >= 0.3 is 0 Å². The molecule has 0 heteroatoms. The van der Waals surface area contributed by atoms with Crippen LogP contribution in [0.5, 0.6) is 0 Å². The third-order valence-electron chi connectivity index (χ3n) is 2.36. The third kappa shape index (κ3) is 1.53. The average molecular weight is 136 g/mol. The number of hydrogen-bond acceptors (Lipinski definition) is 0. The molecule has 0 N–H and O–H groups in total. The van der Waals surface area contributed by atoms with E-state index in [0.29, 0.717) is 5.41 Å². The Balaban J connectivity index is 2.34. The summed E-state index contributed by atoms with van der Waals surface area (Å²) >= 11 is 0. The highest BCUT2D eigenvalue weighted by Crippen LogP contribution is 2.34. The Morgan fingerprint density at radius 2 is 2.20 bits per heavy atom. The SMILES string of the molecule is CCC(C)CC1(C)C#CC1. The summed E-state index contributed by atoms with van der Waals surface area (Å²) in [5, 5.41) is 0. The van der Waals surface area contributed by atoms with E-state index in [1.54, 1.807) is 0 Å². The Labute approximate surface area is 64.0 Å². The first kappa shape index (κ1) is 7.66. The van der Waals surface area contributed by atoms with Gasteiger partial charge in [-0.3, -0.25) is 0 Å². The normalized spacial score (nSPS) is 31.9. The first-order valence-corrected chi connectivity index (χ1v) is 4.16. The maximum Gasteiger partial charge on any atom is 0.0398 e. The lowest BCUT2D eigenvalue weighted by atomic mass is 9.74. The van der Waals surface area contributed by atoms with Gasteiger partial charge in [-0.1, -0.05) is 26.2 Å². The highest BCUT2D eigenvalue weighted by molar-refractivity contribution is 5.23. The van der Waals surface area contributed by atoms with E-state index in [1.807, 2.05) is 0 Å². The minimum absolute atomic E-state index is 0.384. The van der Waals surface area contributed by atoms with E-state index in [2.05, 4.69) is 32.6 Å². The molecule has 1 rings (SSSR count). The molecule has 0 aromatic rings. The predicted octanol–water partition coefficient (Wildman–Crippen LogP) is 2.84. The maximum absolute atomic E-state index is 3.24. The minimum Gasteiger partial charge on any atom is -0.101 e. The van der Waals surface area contributed by atoms with Crippen LogP contribution >= 0.6 is 0 Å². The molecule has 0 nitrogen and oxygen atoms in total. The molecule has 0 radical (unpaired) electrons. The van der Waals surface area contributed by atoms with E-state index in [9.17, 15) is 0 Å². The highest BCUT2D eigenvalue weighted by atomic mass is 14.3. The van der Waals surface area contributed by atoms with Crippen molar-refractivity contribution < 1.29 is 0 Å². The van der Waals surface area contributed by atoms with Crippen molar-refractivity contribution in [2.24, 2.45) is 11.3 Å². The van der Waals surface area contributed by atoms with Gasteiger partial charge in [-0.2, -0.15) is 0 Å². The molecule has 1 aliphatic carbocycles. The predicted molar refractivity (Wildman–Crippen MR) is 44.6 cm³/mol. The second kappa shape index (κ2) is 2.66. The lowest BCUT2D eigenvalue weighted by Gasteiger charge is -2.29. The van der Waals surface area contributed by atoms with Crippen molar-refractivity contribution in [3.05, 3.63) is 0 Å². The van der Waals surface area contributed by atoms with Crippen LogP contribution in [0, 0.1) is 23.2 Å². The van der Waals surface area contributed by atoms with E-state index in [0.717, 1.165) is 12.3 Å². The Kier molecular flexibility index (Phi) is 2.04. The molecule has 0 fully saturated rings. The zero-order valence-electron chi connectivity index (χ0n) is 7.20. The smallest absolute Gasteiger partial charge is 0.0398 e. The fourth-order valence-corrected chi connectivity index (χ4v) is 1.43. The van der Waals surface area contributed by atoms with Crippen LogP contribution < -0.4 is 0 Å². The summed E-state index contributed by atoms with van der Waals surface area (Å²) in [5.41, 5.74) is 0.384. The van der Waals surface area contributed by atoms with Gasteiger partial charge in [-0.05, 0) is 19.3 Å². The first-order chi connectivity index (χ1) is 4.66. The van der Waals surface area contributed by atoms with Crippen molar-refractivity contribution in [2.75, 3.05) is 0 Å². The summed E-state index contributed by atoms with van der Waals surface area (Å²) in [5.74, 6) is 7.17. The van der Waals surface area contributed by atoms with E-state index < -0.39 is 0 Å². The molecule has 0 aliphatic heterocycles. The van der Waals surface area contributed by atoms with Gasteiger partial charge in [-0.15, -0.1) is 5.92 Å². The Morgan fingerprint density at radius 3 is 2.50 bits per heavy atom. The standard InChI is InChI=1S/C10H16/c1-4-9(2)8-10(3)6-5-7-10/h9H,4,6,8H2,1-3H3. The van der Waals surface area contributed by atoms with Crippen LogP contribution in [-0.4, -0.2) is 0 Å². The molecular weight excluding hydrogens is 120 g/mol. The molecule has 1 aliphatic rings. The molecule has 0 amide bonds. The third-order valence-corrected chi connectivity index (χ3v) is 2.36. The summed E-state index contributed by atoms with van der Waals surface area (Å²) in [7, 11) is 0. The fourth-order valence-electron chi connectivity index (χ4n) is 1.43. The summed E-state index contributed by atoms with van der Waals surface area (Å²) in [6.45, 7) is 6.83. The van der Waals surface area contributed by atoms with E-state index in [4.69, 9.17) is 0 Å². The lowest BCUT2D eigenvalue weighted by Crippen LogP contribution is -2.22. The first-order valence-electron chi connectivity index (χ1n) is 4.16. The van der Waals surface area contributed by atoms with Crippen molar-refractivity contribution in [1.82, 2.24) is 0 Å². The van der Waals surface area contributed by atoms with Gasteiger partial charge in [0.05, 0.1) is 0 Å². The average Bonchev–Trinajstić information content (AvgIpc) is 1.84. The van der Waals surface area contributed by atoms with Crippen LogP contribution in [0.25, 0.3) is 0 Å². The van der Waals surface area contributed by atoms with Crippen molar-refractivity contribution in [2.45, 2.75) is 40.0 Å². The van der Waals surface area contributed by atoms with Crippen molar-refractivity contribution in [1.29, 1.82) is 0 Å². The summed E-state index contributed by atoms with van der Waals surface area (Å²) in [6.07, 6.45) is 3.70. The van der Waals surface area contributed by atoms with Gasteiger partial charge in [0.15, 0.2) is 0 Å². The number of rotatable bonds is 3. The van der Waals surface area contributed by atoms with Crippen LogP contribution in [-0.2, 0) is 0 Å². The monoisotopic (exact) mass is 136 g/mol. The van der Waals surface area contributed by atoms with Crippen LogP contribution in [0.1, 0.15) is 40.0 Å². The molecular formula is C10H16. The quantitative estimate of drug-likeness (QED) is 0.523. The molecule has 2 atom stereocenters. The zero-order valence-corrected chi connectivity index (χ0v) is 7.20. The van der Waals surface area contributed by atoms with Gasteiger partial charge < -0.3 is 0 Å². The highest BCUT2D eigenvalue weighted by Gasteiger charge is 2.27. The molecule has 56 valence electrons. The molecule has 0 aromatic carbocycles. The molecule has 0 heterocycles. The number of hydrogen-bond donors (Lipinski definition) is 0. The van der Waals surface area contributed by atoms with E-state index in [-0.39, 0.29) is 0 Å². The molecule has 0 saturated heterocycles. The van der Waals surface area contributed by atoms with Crippen molar-refractivity contribution in [3.8, 4) is 11.8 Å². The van der Waals surface area contributed by atoms with Gasteiger partial charge in [0.1, 0.15) is 0 Å². The summed E-state index contributed by atoms with van der Waals surface area (Å²) in [6, 6.07) is 0. The molecule has 0 aromatic heterocycles. The molecule has 10 heavy (non-hydrogen) atoms. The van der Waals surface area contributed by atoms with Crippen LogP contribution in [0.2, 0.25) is 0 Å². The zero-order chi connectivity index (χ0) is 7.61. The minimum atomic E-state index is 0.384. The Bertz CT molecular complexity index is 170. The summed E-state index contributed by atoms with van der Waals surface area (Å²) in [4.78, 5) is 0. The lowest BCUT2D eigenvalue weighted by molar-refractivity contribution is 0.319. The second-order valence-corrected chi connectivity index (χ2v) is 3.76. The molecule has 0 spiro atoms. The van der Waals surface area contributed by atoms with Crippen LogP contribution in [0.4, 0.5) is 0 Å². The van der Waals surface area contributed by atoms with E-state index >= 15 is 0 Å². The molecule has 2 unspecified atom stereocenters. The Morgan fingerprint density at radius 1 is 1.60 bits per heavy atom. The van der Waals surface area contributed by atoms with Gasteiger partial charge in [0.25, 0.3) is 0 Å². The molecule has 0 bridgehead atoms. The van der Waals surface area contributed by atoms with Crippen molar-refractivity contribution >= 4 is 0 Å². The Hall–Kier alpha value is -0.440. The van der Waals surface area contributed by atoms with Crippen LogP contribution in [0.3, 0.4) is 0 Å². The molecule has 0 saturated carbocycles. The largest absolute Gasteiger partial charge is 0.101 e. The summed E-state index contributed by atoms with van der Waals surface area (Å²) < 4.78 is 0.